The lowest BCUT2D eigenvalue weighted by Crippen LogP contribution is -2.35. The van der Waals surface area contributed by atoms with Crippen molar-refractivity contribution < 1.29 is 9.18 Å². The highest BCUT2D eigenvalue weighted by atomic mass is 35.5. The van der Waals surface area contributed by atoms with E-state index in [2.05, 4.69) is 4.99 Å². The third kappa shape index (κ3) is 3.41. The van der Waals surface area contributed by atoms with Crippen molar-refractivity contribution in [2.75, 3.05) is 10.7 Å². The second-order valence-electron chi connectivity index (χ2n) is 5.17. The smallest absolute Gasteiger partial charge is 0.267 e. The van der Waals surface area contributed by atoms with Crippen LogP contribution in [0.15, 0.2) is 53.5 Å². The first kappa shape index (κ1) is 16.0. The summed E-state index contributed by atoms with van der Waals surface area (Å²) in [6.07, 6.45) is 0. The molecule has 0 aromatic heterocycles. The Morgan fingerprint density at radius 2 is 1.96 bits per heavy atom. The Kier molecular flexibility index (Phi) is 4.68. The molecule has 0 unspecified atom stereocenters. The molecule has 0 N–H and O–H groups in total. The molecule has 0 saturated heterocycles. The van der Waals surface area contributed by atoms with Gasteiger partial charge in [0.1, 0.15) is 5.82 Å². The molecule has 0 saturated carbocycles. The van der Waals surface area contributed by atoms with Gasteiger partial charge in [0.05, 0.1) is 17.3 Å². The fraction of sp³-hybridized carbons (Fsp3) is 0.176. The summed E-state index contributed by atoms with van der Waals surface area (Å²) in [6.45, 7) is 1.98. The highest BCUT2D eigenvalue weighted by Gasteiger charge is 2.28. The molecule has 6 heteroatoms. The number of halogens is 2. The molecule has 1 aliphatic rings. The molecular weight excluding hydrogens is 335 g/mol. The summed E-state index contributed by atoms with van der Waals surface area (Å²) in [5.41, 5.74) is 0.633. The minimum absolute atomic E-state index is 0.0188. The fourth-order valence-electron chi connectivity index (χ4n) is 2.24. The zero-order chi connectivity index (χ0) is 16.4. The number of carbonyl (C=O) groups is 1. The fourth-order valence-corrected chi connectivity index (χ4v) is 3.40. The molecule has 1 amide bonds. The zero-order valence-electron chi connectivity index (χ0n) is 12.4. The third-order valence-corrected chi connectivity index (χ3v) is 4.82. The number of thioether (sulfide) groups is 1. The van der Waals surface area contributed by atoms with E-state index in [0.717, 1.165) is 5.75 Å². The quantitative estimate of drug-likeness (QED) is 0.793. The van der Waals surface area contributed by atoms with E-state index in [-0.39, 0.29) is 11.6 Å². The van der Waals surface area contributed by atoms with Crippen LogP contribution in [0.4, 0.5) is 10.1 Å². The monoisotopic (exact) mass is 348 g/mol. The highest BCUT2D eigenvalue weighted by molar-refractivity contribution is 8.14. The highest BCUT2D eigenvalue weighted by Crippen LogP contribution is 2.28. The van der Waals surface area contributed by atoms with E-state index < -0.39 is 11.7 Å². The van der Waals surface area contributed by atoms with Gasteiger partial charge in [0, 0.05) is 10.8 Å². The van der Waals surface area contributed by atoms with Crippen molar-refractivity contribution in [2.45, 2.75) is 13.0 Å². The maximum atomic E-state index is 14.0. The summed E-state index contributed by atoms with van der Waals surface area (Å²) in [5, 5.41) is 1.15. The predicted octanol–water partition coefficient (Wildman–Crippen LogP) is 4.62. The standard InChI is InChI=1S/C17H14ClFN2OS/c1-11-10-23-17(20-11)21(13-8-6-12(18)7-9-13)16(22)14-4-2-3-5-15(14)19/h2-9,11H,10H2,1H3/t11-/m0/s1. The Morgan fingerprint density at radius 3 is 2.57 bits per heavy atom. The average Bonchev–Trinajstić information content (AvgIpc) is 2.96. The Hall–Kier alpha value is -1.85. The van der Waals surface area contributed by atoms with E-state index >= 15 is 0 Å². The van der Waals surface area contributed by atoms with E-state index in [4.69, 9.17) is 11.6 Å². The van der Waals surface area contributed by atoms with Crippen LogP contribution >= 0.6 is 23.4 Å². The number of hydrogen-bond acceptors (Lipinski definition) is 3. The van der Waals surface area contributed by atoms with Crippen LogP contribution < -0.4 is 4.90 Å². The molecule has 118 valence electrons. The van der Waals surface area contributed by atoms with Gasteiger partial charge in [-0.25, -0.2) is 4.39 Å². The van der Waals surface area contributed by atoms with Crippen molar-refractivity contribution >= 4 is 40.1 Å². The van der Waals surface area contributed by atoms with Gasteiger partial charge in [0.2, 0.25) is 0 Å². The van der Waals surface area contributed by atoms with E-state index in [1.165, 1.54) is 28.8 Å². The number of benzene rings is 2. The molecule has 0 bridgehead atoms. The molecule has 0 fully saturated rings. The molecule has 2 aromatic carbocycles. The molecule has 1 aliphatic heterocycles. The van der Waals surface area contributed by atoms with Crippen LogP contribution in [-0.4, -0.2) is 22.9 Å². The molecule has 0 radical (unpaired) electrons. The van der Waals surface area contributed by atoms with Gasteiger partial charge >= 0.3 is 0 Å². The topological polar surface area (TPSA) is 32.7 Å². The van der Waals surface area contributed by atoms with Gasteiger partial charge < -0.3 is 0 Å². The molecule has 0 aliphatic carbocycles. The Bertz CT molecular complexity index is 763. The molecule has 1 atom stereocenters. The van der Waals surface area contributed by atoms with Gasteiger partial charge in [-0.15, -0.1) is 0 Å². The second kappa shape index (κ2) is 6.72. The maximum absolute atomic E-state index is 14.0. The summed E-state index contributed by atoms with van der Waals surface area (Å²) < 4.78 is 14.0. The molecule has 2 aromatic rings. The lowest BCUT2D eigenvalue weighted by molar-refractivity contribution is 0.0999. The number of carbonyl (C=O) groups excluding carboxylic acids is 1. The van der Waals surface area contributed by atoms with Gasteiger partial charge in [-0.3, -0.25) is 14.7 Å². The van der Waals surface area contributed by atoms with Crippen molar-refractivity contribution in [3.8, 4) is 0 Å². The van der Waals surface area contributed by atoms with Gasteiger partial charge in [0.15, 0.2) is 5.17 Å². The molecular formula is C17H14ClFN2OS. The van der Waals surface area contributed by atoms with Crippen LogP contribution in [0.3, 0.4) is 0 Å². The first-order valence-electron chi connectivity index (χ1n) is 7.11. The Balaban J connectivity index is 2.05. The number of amidine groups is 1. The molecule has 23 heavy (non-hydrogen) atoms. The van der Waals surface area contributed by atoms with Crippen LogP contribution in [-0.2, 0) is 0 Å². The van der Waals surface area contributed by atoms with Crippen molar-refractivity contribution in [2.24, 2.45) is 4.99 Å². The first-order valence-corrected chi connectivity index (χ1v) is 8.48. The minimum atomic E-state index is -0.548. The number of amides is 1. The van der Waals surface area contributed by atoms with Crippen molar-refractivity contribution in [3.63, 3.8) is 0 Å². The molecule has 1 heterocycles. The SMILES string of the molecule is C[C@H]1CSC(N(C(=O)c2ccccc2F)c2ccc(Cl)cc2)=N1. The van der Waals surface area contributed by atoms with E-state index in [1.54, 1.807) is 36.4 Å². The van der Waals surface area contributed by atoms with Crippen LogP contribution in [0.25, 0.3) is 0 Å². The van der Waals surface area contributed by atoms with Crippen molar-refractivity contribution in [1.29, 1.82) is 0 Å². The predicted molar refractivity (Wildman–Crippen MR) is 94.0 cm³/mol. The second-order valence-corrected chi connectivity index (χ2v) is 6.59. The van der Waals surface area contributed by atoms with Gasteiger partial charge in [-0.05, 0) is 43.3 Å². The van der Waals surface area contributed by atoms with Crippen LogP contribution in [0, 0.1) is 5.82 Å². The van der Waals surface area contributed by atoms with E-state index in [0.29, 0.717) is 15.9 Å². The normalized spacial score (nSPS) is 17.0. The van der Waals surface area contributed by atoms with Crippen LogP contribution in [0.2, 0.25) is 5.02 Å². The van der Waals surface area contributed by atoms with Crippen molar-refractivity contribution in [3.05, 3.63) is 64.9 Å². The lowest BCUT2D eigenvalue weighted by Gasteiger charge is -2.22. The van der Waals surface area contributed by atoms with E-state index in [1.807, 2.05) is 6.92 Å². The summed E-state index contributed by atoms with van der Waals surface area (Å²) in [7, 11) is 0. The third-order valence-electron chi connectivity index (χ3n) is 3.37. The van der Waals surface area contributed by atoms with Gasteiger partial charge in [-0.1, -0.05) is 35.5 Å². The zero-order valence-corrected chi connectivity index (χ0v) is 13.9. The number of aliphatic imine (C=N–C) groups is 1. The van der Waals surface area contributed by atoms with Crippen LogP contribution in [0.1, 0.15) is 17.3 Å². The Morgan fingerprint density at radius 1 is 1.26 bits per heavy atom. The van der Waals surface area contributed by atoms with Gasteiger partial charge in [0.25, 0.3) is 5.91 Å². The number of hydrogen-bond donors (Lipinski definition) is 0. The molecule has 3 rings (SSSR count). The first-order chi connectivity index (χ1) is 11.1. The number of nitrogens with zero attached hydrogens (tertiary/aromatic N) is 2. The average molecular weight is 349 g/mol. The van der Waals surface area contributed by atoms with Crippen LogP contribution in [0.5, 0.6) is 0 Å². The maximum Gasteiger partial charge on any atom is 0.267 e. The molecule has 0 spiro atoms. The lowest BCUT2D eigenvalue weighted by atomic mass is 10.1. The Labute approximate surface area is 143 Å². The summed E-state index contributed by atoms with van der Waals surface area (Å²) in [4.78, 5) is 18.8. The number of rotatable bonds is 2. The minimum Gasteiger partial charge on any atom is -0.268 e. The largest absolute Gasteiger partial charge is 0.268 e. The number of anilines is 1. The summed E-state index contributed by atoms with van der Waals surface area (Å²) in [6, 6.07) is 12.9. The summed E-state index contributed by atoms with van der Waals surface area (Å²) >= 11 is 7.41. The summed E-state index contributed by atoms with van der Waals surface area (Å²) in [5.74, 6) is -0.192. The molecule has 3 nitrogen and oxygen atoms in total. The van der Waals surface area contributed by atoms with Crippen molar-refractivity contribution in [1.82, 2.24) is 0 Å². The van der Waals surface area contributed by atoms with Gasteiger partial charge in [-0.2, -0.15) is 0 Å². The van der Waals surface area contributed by atoms with E-state index in [9.17, 15) is 9.18 Å².